The summed E-state index contributed by atoms with van der Waals surface area (Å²) in [6, 6.07) is 65.7. The Morgan fingerprint density at radius 3 is 1.43 bits per heavy atom. The third kappa shape index (κ3) is 5.12. The van der Waals surface area contributed by atoms with Crippen LogP contribution in [0.15, 0.2) is 182 Å². The topological polar surface area (TPSA) is 3.24 Å². The van der Waals surface area contributed by atoms with Crippen LogP contribution in [0.5, 0.6) is 0 Å². The second-order valence-corrected chi connectivity index (χ2v) is 11.8. The van der Waals surface area contributed by atoms with Crippen molar-refractivity contribution in [2.45, 2.75) is 6.92 Å². The second kappa shape index (κ2) is 11.9. The standard InChI is InChI=1S/C45H33N/c1-32-31-40(29-30-41(32)45-20-10-16-36-14-6-8-18-44(36)45)46(38-25-21-34(22-26-38)33-11-3-2-4-12-33)39-27-23-37(24-28-39)43-19-9-15-35-13-5-7-17-42(35)43/h2-31H,1H3. The van der Waals surface area contributed by atoms with E-state index in [0.29, 0.717) is 0 Å². The Labute approximate surface area is 270 Å². The van der Waals surface area contributed by atoms with Gasteiger partial charge in [-0.25, -0.2) is 0 Å². The smallest absolute Gasteiger partial charge is 0.0464 e. The first-order valence-corrected chi connectivity index (χ1v) is 15.9. The van der Waals surface area contributed by atoms with Gasteiger partial charge >= 0.3 is 0 Å². The molecule has 46 heavy (non-hydrogen) atoms. The fourth-order valence-corrected chi connectivity index (χ4v) is 6.70. The first-order chi connectivity index (χ1) is 22.7. The van der Waals surface area contributed by atoms with Crippen molar-refractivity contribution in [1.29, 1.82) is 0 Å². The first kappa shape index (κ1) is 27.6. The summed E-state index contributed by atoms with van der Waals surface area (Å²) < 4.78 is 0. The molecule has 0 bridgehead atoms. The molecular formula is C45H33N. The van der Waals surface area contributed by atoms with E-state index in [1.165, 1.54) is 60.5 Å². The molecule has 0 atom stereocenters. The summed E-state index contributed by atoms with van der Waals surface area (Å²) in [4.78, 5) is 2.36. The molecule has 1 nitrogen and oxygen atoms in total. The minimum absolute atomic E-state index is 1.12. The van der Waals surface area contributed by atoms with Crippen LogP contribution >= 0.6 is 0 Å². The number of rotatable bonds is 6. The van der Waals surface area contributed by atoms with E-state index < -0.39 is 0 Å². The normalized spacial score (nSPS) is 11.2. The van der Waals surface area contributed by atoms with Crippen LogP contribution in [0.1, 0.15) is 5.56 Å². The van der Waals surface area contributed by atoms with E-state index in [1.807, 2.05) is 0 Å². The van der Waals surface area contributed by atoms with Crippen LogP contribution in [-0.4, -0.2) is 0 Å². The van der Waals surface area contributed by atoms with Crippen molar-refractivity contribution < 1.29 is 0 Å². The Hall–Kier alpha value is -5.92. The van der Waals surface area contributed by atoms with Crippen molar-refractivity contribution in [3.63, 3.8) is 0 Å². The second-order valence-electron chi connectivity index (χ2n) is 11.8. The van der Waals surface area contributed by atoms with Gasteiger partial charge in [0.1, 0.15) is 0 Å². The van der Waals surface area contributed by atoms with E-state index in [9.17, 15) is 0 Å². The summed E-state index contributed by atoms with van der Waals surface area (Å²) in [6.45, 7) is 2.22. The maximum Gasteiger partial charge on any atom is 0.0464 e. The third-order valence-electron chi connectivity index (χ3n) is 9.01. The van der Waals surface area contributed by atoms with Crippen molar-refractivity contribution >= 4 is 38.6 Å². The van der Waals surface area contributed by atoms with Crippen LogP contribution in [0, 0.1) is 6.92 Å². The van der Waals surface area contributed by atoms with Crippen molar-refractivity contribution in [3.8, 4) is 33.4 Å². The van der Waals surface area contributed by atoms with Crippen molar-refractivity contribution in [3.05, 3.63) is 188 Å². The van der Waals surface area contributed by atoms with Gasteiger partial charge in [0.15, 0.2) is 0 Å². The monoisotopic (exact) mass is 587 g/mol. The summed E-state index contributed by atoms with van der Waals surface area (Å²) >= 11 is 0. The van der Waals surface area contributed by atoms with Gasteiger partial charge in [-0.1, -0.05) is 146 Å². The van der Waals surface area contributed by atoms with E-state index in [2.05, 4.69) is 194 Å². The minimum atomic E-state index is 1.12. The number of aryl methyl sites for hydroxylation is 1. The van der Waals surface area contributed by atoms with Gasteiger partial charge in [0.2, 0.25) is 0 Å². The van der Waals surface area contributed by atoms with Gasteiger partial charge in [-0.2, -0.15) is 0 Å². The summed E-state index contributed by atoms with van der Waals surface area (Å²) in [7, 11) is 0. The van der Waals surface area contributed by atoms with Gasteiger partial charge in [0.25, 0.3) is 0 Å². The Balaban J connectivity index is 1.22. The predicted octanol–water partition coefficient (Wildman–Crippen LogP) is 12.8. The first-order valence-electron chi connectivity index (χ1n) is 15.9. The summed E-state index contributed by atoms with van der Waals surface area (Å²) in [5.74, 6) is 0. The van der Waals surface area contributed by atoms with Crippen molar-refractivity contribution in [1.82, 2.24) is 0 Å². The highest BCUT2D eigenvalue weighted by Crippen LogP contribution is 2.40. The maximum absolute atomic E-state index is 2.36. The molecule has 8 rings (SSSR count). The van der Waals surface area contributed by atoms with Crippen LogP contribution in [0.3, 0.4) is 0 Å². The molecule has 8 aromatic rings. The van der Waals surface area contributed by atoms with E-state index in [4.69, 9.17) is 0 Å². The molecule has 0 N–H and O–H groups in total. The zero-order valence-corrected chi connectivity index (χ0v) is 25.8. The van der Waals surface area contributed by atoms with Crippen LogP contribution in [0.25, 0.3) is 54.9 Å². The van der Waals surface area contributed by atoms with E-state index in [-0.39, 0.29) is 0 Å². The number of nitrogens with zero attached hydrogens (tertiary/aromatic N) is 1. The summed E-state index contributed by atoms with van der Waals surface area (Å²) in [5, 5.41) is 5.06. The van der Waals surface area contributed by atoms with Crippen molar-refractivity contribution in [2.24, 2.45) is 0 Å². The zero-order chi connectivity index (χ0) is 30.9. The summed E-state index contributed by atoms with van der Waals surface area (Å²) in [5.41, 5.74) is 12.0. The molecule has 0 aliphatic carbocycles. The number of hydrogen-bond acceptors (Lipinski definition) is 1. The third-order valence-corrected chi connectivity index (χ3v) is 9.01. The highest BCUT2D eigenvalue weighted by Gasteiger charge is 2.16. The molecule has 1 heteroatoms. The van der Waals surface area contributed by atoms with E-state index >= 15 is 0 Å². The number of benzene rings is 8. The molecule has 0 spiro atoms. The lowest BCUT2D eigenvalue weighted by atomic mass is 9.94. The van der Waals surface area contributed by atoms with E-state index in [0.717, 1.165) is 17.1 Å². The van der Waals surface area contributed by atoms with Gasteiger partial charge in [-0.05, 0) is 104 Å². The Morgan fingerprint density at radius 1 is 0.326 bits per heavy atom. The molecule has 0 amide bonds. The average Bonchev–Trinajstić information content (AvgIpc) is 3.12. The molecule has 0 saturated carbocycles. The largest absolute Gasteiger partial charge is 0.310 e. The van der Waals surface area contributed by atoms with Gasteiger partial charge < -0.3 is 4.90 Å². The lowest BCUT2D eigenvalue weighted by Gasteiger charge is -2.27. The van der Waals surface area contributed by atoms with Crippen molar-refractivity contribution in [2.75, 3.05) is 4.90 Å². The molecule has 0 saturated heterocycles. The molecule has 0 aliphatic heterocycles. The minimum Gasteiger partial charge on any atom is -0.310 e. The Morgan fingerprint density at radius 2 is 0.804 bits per heavy atom. The molecule has 0 unspecified atom stereocenters. The van der Waals surface area contributed by atoms with E-state index in [1.54, 1.807) is 0 Å². The van der Waals surface area contributed by atoms with Gasteiger partial charge in [-0.15, -0.1) is 0 Å². The van der Waals surface area contributed by atoms with Gasteiger partial charge in [0.05, 0.1) is 0 Å². The molecular weight excluding hydrogens is 555 g/mol. The van der Waals surface area contributed by atoms with Crippen LogP contribution in [-0.2, 0) is 0 Å². The summed E-state index contributed by atoms with van der Waals surface area (Å²) in [6.07, 6.45) is 0. The predicted molar refractivity (Wildman–Crippen MR) is 197 cm³/mol. The molecule has 0 aromatic heterocycles. The number of fused-ring (bicyclic) bond motifs is 2. The van der Waals surface area contributed by atoms with Crippen LogP contribution in [0.2, 0.25) is 0 Å². The average molecular weight is 588 g/mol. The Bertz CT molecular complexity index is 2290. The lowest BCUT2D eigenvalue weighted by molar-refractivity contribution is 1.27. The molecule has 8 aromatic carbocycles. The van der Waals surface area contributed by atoms with Crippen LogP contribution < -0.4 is 4.90 Å². The lowest BCUT2D eigenvalue weighted by Crippen LogP contribution is -2.10. The van der Waals surface area contributed by atoms with Gasteiger partial charge in [0, 0.05) is 17.1 Å². The number of anilines is 3. The maximum atomic E-state index is 2.36. The zero-order valence-electron chi connectivity index (χ0n) is 25.8. The Kier molecular flexibility index (Phi) is 7.13. The molecule has 0 heterocycles. The quantitative estimate of drug-likeness (QED) is 0.187. The highest BCUT2D eigenvalue weighted by atomic mass is 15.1. The molecule has 0 radical (unpaired) electrons. The molecule has 0 aliphatic rings. The van der Waals surface area contributed by atoms with Crippen LogP contribution in [0.4, 0.5) is 17.1 Å². The highest BCUT2D eigenvalue weighted by molar-refractivity contribution is 5.98. The SMILES string of the molecule is Cc1cc(N(c2ccc(-c3ccccc3)cc2)c2ccc(-c3cccc4ccccc34)cc2)ccc1-c1cccc2ccccc12. The molecule has 218 valence electrons. The fourth-order valence-electron chi connectivity index (χ4n) is 6.70. The molecule has 0 fully saturated rings. The fraction of sp³-hybridized carbons (Fsp3) is 0.0222. The van der Waals surface area contributed by atoms with Gasteiger partial charge in [-0.3, -0.25) is 0 Å². The number of hydrogen-bond donors (Lipinski definition) is 0.